The number of hydrogen-bond acceptors (Lipinski definition) is 2. The van der Waals surface area contributed by atoms with Gasteiger partial charge in [-0.15, -0.1) is 12.3 Å². The first-order valence-electron chi connectivity index (χ1n) is 2.93. The highest BCUT2D eigenvalue weighted by molar-refractivity contribution is 7.81. The van der Waals surface area contributed by atoms with Crippen LogP contribution in [0.3, 0.4) is 0 Å². The van der Waals surface area contributed by atoms with Gasteiger partial charge in [0.2, 0.25) is 0 Å². The van der Waals surface area contributed by atoms with E-state index in [0.29, 0.717) is 6.42 Å². The fraction of sp³-hybridized carbons (Fsp3) is 0.714. The Hall–Kier alpha value is -0.130. The van der Waals surface area contributed by atoms with Gasteiger partial charge in [0.05, 0.1) is 0 Å². The van der Waals surface area contributed by atoms with E-state index in [-0.39, 0.29) is 4.75 Å². The van der Waals surface area contributed by atoms with Crippen LogP contribution in [0.15, 0.2) is 0 Å². The van der Waals surface area contributed by atoms with Gasteiger partial charge in [-0.25, -0.2) is 0 Å². The maximum atomic E-state index is 5.12. The van der Waals surface area contributed by atoms with Crippen molar-refractivity contribution in [3.05, 3.63) is 0 Å². The summed E-state index contributed by atoms with van der Waals surface area (Å²) in [7, 11) is 1.89. The van der Waals surface area contributed by atoms with Gasteiger partial charge in [-0.05, 0) is 14.0 Å². The van der Waals surface area contributed by atoms with Gasteiger partial charge in [0.25, 0.3) is 0 Å². The molecule has 1 unspecified atom stereocenters. The van der Waals surface area contributed by atoms with Crippen LogP contribution in [-0.2, 0) is 0 Å². The van der Waals surface area contributed by atoms with Crippen LogP contribution in [-0.4, -0.2) is 18.3 Å². The van der Waals surface area contributed by atoms with Gasteiger partial charge in [0, 0.05) is 17.7 Å². The van der Waals surface area contributed by atoms with Crippen molar-refractivity contribution in [2.45, 2.75) is 18.1 Å². The third-order valence-corrected chi connectivity index (χ3v) is 1.36. The monoisotopic (exact) mass is 143 g/mol. The number of terminal acetylenes is 1. The Labute approximate surface area is 62.6 Å². The average Bonchev–Trinajstić information content (AvgIpc) is 1.64. The Morgan fingerprint density at radius 1 is 1.78 bits per heavy atom. The zero-order valence-corrected chi connectivity index (χ0v) is 6.83. The molecule has 0 saturated carbocycles. The summed E-state index contributed by atoms with van der Waals surface area (Å²) in [6.45, 7) is 2.87. The summed E-state index contributed by atoms with van der Waals surface area (Å²) >= 11 is 4.34. The Balaban J connectivity index is 3.59. The summed E-state index contributed by atoms with van der Waals surface area (Å²) in [5.74, 6) is 2.58. The van der Waals surface area contributed by atoms with Crippen molar-refractivity contribution in [3.8, 4) is 12.3 Å². The first kappa shape index (κ1) is 8.87. The second kappa shape index (κ2) is 3.81. The lowest BCUT2D eigenvalue weighted by Crippen LogP contribution is -2.30. The second-order valence-electron chi connectivity index (χ2n) is 2.41. The molecule has 1 N–H and O–H groups in total. The third kappa shape index (κ3) is 4.38. The topological polar surface area (TPSA) is 12.0 Å². The Morgan fingerprint density at radius 3 is 2.67 bits per heavy atom. The number of nitrogens with one attached hydrogen (secondary N) is 1. The van der Waals surface area contributed by atoms with Crippen molar-refractivity contribution in [3.63, 3.8) is 0 Å². The molecular formula is C7H13NS. The van der Waals surface area contributed by atoms with E-state index >= 15 is 0 Å². The highest BCUT2D eigenvalue weighted by atomic mass is 32.1. The van der Waals surface area contributed by atoms with E-state index in [9.17, 15) is 0 Å². The molecule has 0 aromatic heterocycles. The molecule has 2 heteroatoms. The molecule has 0 saturated heterocycles. The molecule has 0 radical (unpaired) electrons. The minimum atomic E-state index is -0.0521. The molecule has 0 amide bonds. The van der Waals surface area contributed by atoms with Crippen LogP contribution in [0.5, 0.6) is 0 Å². The number of hydrogen-bond donors (Lipinski definition) is 2. The molecule has 0 rings (SSSR count). The highest BCUT2D eigenvalue weighted by Crippen LogP contribution is 2.15. The molecule has 1 atom stereocenters. The molecule has 0 spiro atoms. The first-order chi connectivity index (χ1) is 4.12. The summed E-state index contributed by atoms with van der Waals surface area (Å²) in [6.07, 6.45) is 5.82. The quantitative estimate of drug-likeness (QED) is 0.442. The largest absolute Gasteiger partial charge is 0.318 e. The fourth-order valence-electron chi connectivity index (χ4n) is 0.663. The van der Waals surface area contributed by atoms with E-state index in [1.165, 1.54) is 0 Å². The molecule has 0 aliphatic carbocycles. The molecule has 0 aromatic carbocycles. The fourth-order valence-corrected chi connectivity index (χ4v) is 0.913. The molecule has 0 heterocycles. The zero-order chi connectivity index (χ0) is 7.33. The van der Waals surface area contributed by atoms with Crippen LogP contribution in [0, 0.1) is 12.3 Å². The van der Waals surface area contributed by atoms with E-state index in [4.69, 9.17) is 6.42 Å². The number of rotatable bonds is 3. The average molecular weight is 143 g/mol. The molecule has 0 bridgehead atoms. The molecule has 0 aliphatic rings. The van der Waals surface area contributed by atoms with Gasteiger partial charge in [-0.2, -0.15) is 12.6 Å². The second-order valence-corrected chi connectivity index (χ2v) is 3.49. The maximum Gasteiger partial charge on any atom is 0.0335 e. The van der Waals surface area contributed by atoms with Gasteiger partial charge >= 0.3 is 0 Å². The predicted molar refractivity (Wildman–Crippen MR) is 44.8 cm³/mol. The lowest BCUT2D eigenvalue weighted by atomic mass is 10.1. The molecule has 0 aromatic rings. The Kier molecular flexibility index (Phi) is 3.76. The van der Waals surface area contributed by atoms with E-state index in [1.807, 2.05) is 14.0 Å². The van der Waals surface area contributed by atoms with Crippen molar-refractivity contribution in [1.82, 2.24) is 5.32 Å². The maximum absolute atomic E-state index is 5.12. The molecule has 1 nitrogen and oxygen atoms in total. The van der Waals surface area contributed by atoms with Crippen LogP contribution >= 0.6 is 12.6 Å². The van der Waals surface area contributed by atoms with Crippen molar-refractivity contribution in [2.75, 3.05) is 13.6 Å². The minimum Gasteiger partial charge on any atom is -0.318 e. The zero-order valence-electron chi connectivity index (χ0n) is 5.94. The van der Waals surface area contributed by atoms with Crippen molar-refractivity contribution < 1.29 is 0 Å². The van der Waals surface area contributed by atoms with Crippen molar-refractivity contribution in [2.24, 2.45) is 0 Å². The van der Waals surface area contributed by atoms with Gasteiger partial charge in [-0.1, -0.05) is 0 Å². The minimum absolute atomic E-state index is 0.0521. The van der Waals surface area contributed by atoms with Gasteiger partial charge in [-0.3, -0.25) is 0 Å². The Morgan fingerprint density at radius 2 is 2.33 bits per heavy atom. The van der Waals surface area contributed by atoms with Crippen LogP contribution in [0.2, 0.25) is 0 Å². The van der Waals surface area contributed by atoms with E-state index in [0.717, 1.165) is 6.54 Å². The van der Waals surface area contributed by atoms with E-state index < -0.39 is 0 Å². The van der Waals surface area contributed by atoms with Crippen molar-refractivity contribution in [1.29, 1.82) is 0 Å². The van der Waals surface area contributed by atoms with Crippen molar-refractivity contribution >= 4 is 12.6 Å². The van der Waals surface area contributed by atoms with Gasteiger partial charge in [0.15, 0.2) is 0 Å². The molecule has 0 aliphatic heterocycles. The summed E-state index contributed by atoms with van der Waals surface area (Å²) in [5.41, 5.74) is 0. The van der Waals surface area contributed by atoms with E-state index in [1.54, 1.807) is 0 Å². The van der Waals surface area contributed by atoms with Crippen LogP contribution in [0.25, 0.3) is 0 Å². The lowest BCUT2D eigenvalue weighted by molar-refractivity contribution is 0.612. The predicted octanol–water partition coefficient (Wildman–Crippen LogP) is 0.918. The lowest BCUT2D eigenvalue weighted by Gasteiger charge is -2.19. The number of thiol groups is 1. The molecule has 52 valence electrons. The van der Waals surface area contributed by atoms with Crippen LogP contribution < -0.4 is 5.32 Å². The van der Waals surface area contributed by atoms with Crippen LogP contribution in [0.1, 0.15) is 13.3 Å². The molecule has 0 fully saturated rings. The summed E-state index contributed by atoms with van der Waals surface area (Å²) in [5, 5.41) is 3.02. The Bertz CT molecular complexity index is 113. The summed E-state index contributed by atoms with van der Waals surface area (Å²) in [6, 6.07) is 0. The third-order valence-electron chi connectivity index (χ3n) is 1.04. The smallest absolute Gasteiger partial charge is 0.0335 e. The molecule has 9 heavy (non-hydrogen) atoms. The highest BCUT2D eigenvalue weighted by Gasteiger charge is 2.15. The van der Waals surface area contributed by atoms with Gasteiger partial charge < -0.3 is 5.32 Å². The first-order valence-corrected chi connectivity index (χ1v) is 3.37. The van der Waals surface area contributed by atoms with Gasteiger partial charge in [0.1, 0.15) is 0 Å². The summed E-state index contributed by atoms with van der Waals surface area (Å²) < 4.78 is -0.0521. The molecular weight excluding hydrogens is 130 g/mol. The summed E-state index contributed by atoms with van der Waals surface area (Å²) in [4.78, 5) is 0. The van der Waals surface area contributed by atoms with Crippen LogP contribution in [0.4, 0.5) is 0 Å². The van der Waals surface area contributed by atoms with E-state index in [2.05, 4.69) is 23.9 Å². The standard InChI is InChI=1S/C7H13NS/c1-4-5-7(2,9)6-8-3/h1,8-9H,5-6H2,2-3H3. The normalized spacial score (nSPS) is 16.2. The SMILES string of the molecule is C#CCC(C)(S)CNC.